The second kappa shape index (κ2) is 4.30. The zero-order valence-corrected chi connectivity index (χ0v) is 10.3. The van der Waals surface area contributed by atoms with Gasteiger partial charge in [-0.05, 0) is 44.6 Å². The maximum absolute atomic E-state index is 9.84. The molecule has 2 saturated carbocycles. The third kappa shape index (κ3) is 2.44. The van der Waals surface area contributed by atoms with Crippen molar-refractivity contribution in [1.29, 1.82) is 0 Å². The molecule has 17 heavy (non-hydrogen) atoms. The SMILES string of the molecule is C[C@@H](O)c1cccnc1N(CC1CC1)C1CC1. The first kappa shape index (κ1) is 11.0. The normalized spacial score (nSPS) is 21.3. The third-order valence-corrected chi connectivity index (χ3v) is 3.68. The van der Waals surface area contributed by atoms with Crippen molar-refractivity contribution in [3.63, 3.8) is 0 Å². The molecule has 2 fully saturated rings. The highest BCUT2D eigenvalue weighted by Gasteiger charge is 2.35. The van der Waals surface area contributed by atoms with E-state index in [1.54, 1.807) is 0 Å². The molecule has 0 bridgehead atoms. The van der Waals surface area contributed by atoms with E-state index in [0.717, 1.165) is 23.8 Å². The van der Waals surface area contributed by atoms with Gasteiger partial charge in [-0.15, -0.1) is 0 Å². The number of nitrogens with zero attached hydrogens (tertiary/aromatic N) is 2. The van der Waals surface area contributed by atoms with Crippen LogP contribution in [0.2, 0.25) is 0 Å². The van der Waals surface area contributed by atoms with E-state index in [1.807, 2.05) is 25.3 Å². The monoisotopic (exact) mass is 232 g/mol. The minimum Gasteiger partial charge on any atom is -0.389 e. The van der Waals surface area contributed by atoms with Gasteiger partial charge in [0, 0.05) is 24.3 Å². The summed E-state index contributed by atoms with van der Waals surface area (Å²) in [5.74, 6) is 1.87. The van der Waals surface area contributed by atoms with E-state index in [0.29, 0.717) is 6.04 Å². The summed E-state index contributed by atoms with van der Waals surface area (Å²) in [4.78, 5) is 6.94. The van der Waals surface area contributed by atoms with Crippen molar-refractivity contribution in [2.24, 2.45) is 5.92 Å². The molecular formula is C14H20N2O. The van der Waals surface area contributed by atoms with Crippen molar-refractivity contribution in [1.82, 2.24) is 4.98 Å². The molecule has 0 amide bonds. The Morgan fingerprint density at radius 3 is 2.76 bits per heavy atom. The Bertz CT molecular complexity index is 397. The molecule has 0 radical (unpaired) electrons. The fourth-order valence-corrected chi connectivity index (χ4v) is 2.35. The number of pyridine rings is 1. The van der Waals surface area contributed by atoms with Crippen LogP contribution in [0.3, 0.4) is 0 Å². The first-order valence-corrected chi connectivity index (χ1v) is 6.65. The average Bonchev–Trinajstić information content (AvgIpc) is 3.17. The van der Waals surface area contributed by atoms with Gasteiger partial charge < -0.3 is 10.0 Å². The van der Waals surface area contributed by atoms with Gasteiger partial charge in [0.25, 0.3) is 0 Å². The largest absolute Gasteiger partial charge is 0.389 e. The summed E-state index contributed by atoms with van der Waals surface area (Å²) in [6.45, 7) is 2.95. The fraction of sp³-hybridized carbons (Fsp3) is 0.643. The standard InChI is InChI=1S/C14H20N2O/c1-10(17)13-3-2-8-15-14(13)16(12-6-7-12)9-11-4-5-11/h2-3,8,10-12,17H,4-7,9H2,1H3/t10-/m1/s1. The predicted molar refractivity (Wildman–Crippen MR) is 68.0 cm³/mol. The van der Waals surface area contributed by atoms with Gasteiger partial charge in [-0.2, -0.15) is 0 Å². The molecule has 0 saturated heterocycles. The molecule has 0 spiro atoms. The summed E-state index contributed by atoms with van der Waals surface area (Å²) >= 11 is 0. The molecule has 92 valence electrons. The van der Waals surface area contributed by atoms with Gasteiger partial charge in [-0.3, -0.25) is 0 Å². The molecule has 1 N–H and O–H groups in total. The highest BCUT2D eigenvalue weighted by atomic mass is 16.3. The van der Waals surface area contributed by atoms with E-state index in [1.165, 1.54) is 25.7 Å². The lowest BCUT2D eigenvalue weighted by molar-refractivity contribution is 0.199. The lowest BCUT2D eigenvalue weighted by Gasteiger charge is -2.26. The Balaban J connectivity index is 1.87. The Morgan fingerprint density at radius 1 is 1.41 bits per heavy atom. The molecule has 1 aromatic heterocycles. The fourth-order valence-electron chi connectivity index (χ4n) is 2.35. The molecule has 0 aliphatic heterocycles. The number of anilines is 1. The first-order valence-electron chi connectivity index (χ1n) is 6.65. The van der Waals surface area contributed by atoms with E-state index >= 15 is 0 Å². The molecule has 0 unspecified atom stereocenters. The molecule has 0 aromatic carbocycles. The van der Waals surface area contributed by atoms with Gasteiger partial charge in [0.2, 0.25) is 0 Å². The van der Waals surface area contributed by atoms with Gasteiger partial charge >= 0.3 is 0 Å². The number of aliphatic hydroxyl groups is 1. The van der Waals surface area contributed by atoms with Crippen LogP contribution in [0.15, 0.2) is 18.3 Å². The molecule has 1 aromatic rings. The van der Waals surface area contributed by atoms with Crippen LogP contribution in [-0.2, 0) is 0 Å². The summed E-state index contributed by atoms with van der Waals surface area (Å²) in [5, 5.41) is 9.84. The summed E-state index contributed by atoms with van der Waals surface area (Å²) in [6, 6.07) is 4.58. The van der Waals surface area contributed by atoms with Crippen LogP contribution in [0.25, 0.3) is 0 Å². The van der Waals surface area contributed by atoms with Crippen LogP contribution < -0.4 is 4.90 Å². The number of rotatable bonds is 5. The molecule has 3 rings (SSSR count). The molecule has 1 atom stereocenters. The van der Waals surface area contributed by atoms with Crippen LogP contribution in [0, 0.1) is 5.92 Å². The Morgan fingerprint density at radius 2 is 2.18 bits per heavy atom. The van der Waals surface area contributed by atoms with Crippen LogP contribution in [0.4, 0.5) is 5.82 Å². The summed E-state index contributed by atoms with van der Waals surface area (Å²) in [7, 11) is 0. The zero-order chi connectivity index (χ0) is 11.8. The highest BCUT2D eigenvalue weighted by molar-refractivity contribution is 5.50. The second-order valence-electron chi connectivity index (χ2n) is 5.42. The zero-order valence-electron chi connectivity index (χ0n) is 10.3. The van der Waals surface area contributed by atoms with E-state index in [9.17, 15) is 5.11 Å². The Labute approximate surface area is 102 Å². The topological polar surface area (TPSA) is 36.4 Å². The lowest BCUT2D eigenvalue weighted by atomic mass is 10.1. The van der Waals surface area contributed by atoms with Crippen LogP contribution >= 0.6 is 0 Å². The molecule has 3 heteroatoms. The van der Waals surface area contributed by atoms with Crippen molar-refractivity contribution in [2.45, 2.75) is 44.8 Å². The number of hydrogen-bond acceptors (Lipinski definition) is 3. The quantitative estimate of drug-likeness (QED) is 0.847. The lowest BCUT2D eigenvalue weighted by Crippen LogP contribution is -2.30. The number of aliphatic hydroxyl groups excluding tert-OH is 1. The van der Waals surface area contributed by atoms with E-state index in [4.69, 9.17) is 0 Å². The summed E-state index contributed by atoms with van der Waals surface area (Å²) in [6.07, 6.45) is 6.69. The predicted octanol–water partition coefficient (Wildman–Crippen LogP) is 2.51. The molecule has 1 heterocycles. The van der Waals surface area contributed by atoms with E-state index in [-0.39, 0.29) is 0 Å². The van der Waals surface area contributed by atoms with Crippen molar-refractivity contribution in [2.75, 3.05) is 11.4 Å². The maximum atomic E-state index is 9.84. The van der Waals surface area contributed by atoms with Crippen LogP contribution in [0.1, 0.15) is 44.3 Å². The van der Waals surface area contributed by atoms with Gasteiger partial charge in [-0.1, -0.05) is 6.07 Å². The van der Waals surface area contributed by atoms with Gasteiger partial charge in [0.05, 0.1) is 6.10 Å². The minimum absolute atomic E-state index is 0.431. The smallest absolute Gasteiger partial charge is 0.134 e. The Kier molecular flexibility index (Phi) is 2.79. The van der Waals surface area contributed by atoms with Crippen LogP contribution in [-0.4, -0.2) is 22.7 Å². The second-order valence-corrected chi connectivity index (χ2v) is 5.42. The highest BCUT2D eigenvalue weighted by Crippen LogP contribution is 2.38. The van der Waals surface area contributed by atoms with Gasteiger partial charge in [0.1, 0.15) is 5.82 Å². The summed E-state index contributed by atoms with van der Waals surface area (Å²) < 4.78 is 0. The van der Waals surface area contributed by atoms with E-state index in [2.05, 4.69) is 9.88 Å². The number of hydrogen-bond donors (Lipinski definition) is 1. The van der Waals surface area contributed by atoms with Gasteiger partial charge in [-0.25, -0.2) is 4.98 Å². The third-order valence-electron chi connectivity index (χ3n) is 3.68. The first-order chi connectivity index (χ1) is 8.25. The molecular weight excluding hydrogens is 212 g/mol. The van der Waals surface area contributed by atoms with Gasteiger partial charge in [0.15, 0.2) is 0 Å². The van der Waals surface area contributed by atoms with Crippen molar-refractivity contribution >= 4 is 5.82 Å². The Hall–Kier alpha value is -1.09. The molecule has 2 aliphatic carbocycles. The van der Waals surface area contributed by atoms with Crippen molar-refractivity contribution in [3.8, 4) is 0 Å². The summed E-state index contributed by atoms with van der Waals surface area (Å²) in [5.41, 5.74) is 0.972. The molecule has 2 aliphatic rings. The van der Waals surface area contributed by atoms with E-state index < -0.39 is 6.10 Å². The number of aromatic nitrogens is 1. The molecule has 3 nitrogen and oxygen atoms in total. The van der Waals surface area contributed by atoms with Crippen LogP contribution in [0.5, 0.6) is 0 Å². The average molecular weight is 232 g/mol. The van der Waals surface area contributed by atoms with Crippen molar-refractivity contribution < 1.29 is 5.11 Å². The van der Waals surface area contributed by atoms with Crippen molar-refractivity contribution in [3.05, 3.63) is 23.9 Å². The maximum Gasteiger partial charge on any atom is 0.134 e. The minimum atomic E-state index is -0.431.